The maximum atomic E-state index is 12.5. The topological polar surface area (TPSA) is 76.4 Å². The van der Waals surface area contributed by atoms with E-state index in [0.29, 0.717) is 16.4 Å². The smallest absolute Gasteiger partial charge is 0.235 e. The van der Waals surface area contributed by atoms with Crippen molar-refractivity contribution in [3.8, 4) is 23.3 Å². The molecule has 3 rings (SSSR count). The lowest BCUT2D eigenvalue weighted by Gasteiger charge is -2.08. The van der Waals surface area contributed by atoms with Crippen LogP contribution >= 0.6 is 11.6 Å². The maximum Gasteiger partial charge on any atom is 0.235 e. The van der Waals surface area contributed by atoms with Crippen LogP contribution in [0.15, 0.2) is 50.2 Å². The van der Waals surface area contributed by atoms with E-state index in [1.54, 1.807) is 24.3 Å². The van der Waals surface area contributed by atoms with Crippen LogP contribution in [0, 0.1) is 11.3 Å². The van der Waals surface area contributed by atoms with E-state index in [0.717, 1.165) is 0 Å². The van der Waals surface area contributed by atoms with E-state index in [2.05, 4.69) is 0 Å². The number of halogens is 1. The average Bonchev–Trinajstić information content (AvgIpc) is 3.01. The second kappa shape index (κ2) is 5.35. The van der Waals surface area contributed by atoms with Crippen LogP contribution in [-0.2, 0) is 0 Å². The van der Waals surface area contributed by atoms with Crippen molar-refractivity contribution in [2.75, 3.05) is 6.61 Å². The lowest BCUT2D eigenvalue weighted by molar-refractivity contribution is 0.353. The van der Waals surface area contributed by atoms with E-state index in [1.807, 2.05) is 6.07 Å². The van der Waals surface area contributed by atoms with E-state index in [9.17, 15) is 4.79 Å². The average molecular weight is 302 g/mol. The van der Waals surface area contributed by atoms with Crippen LogP contribution in [0.2, 0.25) is 5.02 Å². The van der Waals surface area contributed by atoms with Crippen LogP contribution in [0.4, 0.5) is 0 Å². The molecule has 2 aromatic heterocycles. The van der Waals surface area contributed by atoms with Gasteiger partial charge in [-0.25, -0.2) is 0 Å². The van der Waals surface area contributed by atoms with Gasteiger partial charge in [0.2, 0.25) is 16.9 Å². The summed E-state index contributed by atoms with van der Waals surface area (Å²) in [6, 6.07) is 9.83. The molecule has 5 nitrogen and oxygen atoms in total. The van der Waals surface area contributed by atoms with Crippen LogP contribution in [0.3, 0.4) is 0 Å². The molecule has 0 radical (unpaired) electrons. The molecule has 0 aliphatic rings. The number of fused-ring (bicyclic) bond motifs is 1. The van der Waals surface area contributed by atoms with Crippen molar-refractivity contribution < 1.29 is 13.6 Å². The Balaban J connectivity index is 2.32. The molecule has 21 heavy (non-hydrogen) atoms. The number of ether oxygens (including phenoxy) is 1. The van der Waals surface area contributed by atoms with Crippen molar-refractivity contribution in [3.63, 3.8) is 0 Å². The predicted molar refractivity (Wildman–Crippen MR) is 76.3 cm³/mol. The van der Waals surface area contributed by atoms with Crippen LogP contribution in [0.5, 0.6) is 5.75 Å². The largest absolute Gasteiger partial charge is 0.471 e. The number of benzene rings is 1. The van der Waals surface area contributed by atoms with Gasteiger partial charge in [-0.15, -0.1) is 0 Å². The highest BCUT2D eigenvalue weighted by Gasteiger charge is 2.19. The van der Waals surface area contributed by atoms with Crippen molar-refractivity contribution in [2.24, 2.45) is 0 Å². The number of hydrogen-bond acceptors (Lipinski definition) is 5. The number of furan rings is 1. The number of nitrogens with zero attached hydrogens (tertiary/aromatic N) is 1. The minimum Gasteiger partial charge on any atom is -0.471 e. The quantitative estimate of drug-likeness (QED) is 0.738. The van der Waals surface area contributed by atoms with Gasteiger partial charge in [-0.05, 0) is 30.3 Å². The number of nitriles is 1. The van der Waals surface area contributed by atoms with Gasteiger partial charge in [-0.1, -0.05) is 11.6 Å². The minimum absolute atomic E-state index is 0.0683. The van der Waals surface area contributed by atoms with Gasteiger partial charge < -0.3 is 13.6 Å². The summed E-state index contributed by atoms with van der Waals surface area (Å²) < 4.78 is 16.1. The molecule has 0 atom stereocenters. The molecule has 1 aromatic carbocycles. The Labute approximate surface area is 123 Å². The van der Waals surface area contributed by atoms with Crippen LogP contribution in [0.25, 0.3) is 22.5 Å². The number of rotatable bonds is 3. The SMILES string of the molecule is N#CCOc1c(-c2ccco2)oc2ccc(Cl)cc2c1=O. The third-order valence-corrected chi connectivity index (χ3v) is 3.07. The first kappa shape index (κ1) is 13.3. The van der Waals surface area contributed by atoms with Crippen molar-refractivity contribution >= 4 is 22.6 Å². The fraction of sp³-hybridized carbons (Fsp3) is 0.0667. The Kier molecular flexibility index (Phi) is 3.38. The van der Waals surface area contributed by atoms with Crippen LogP contribution in [0.1, 0.15) is 0 Å². The Morgan fingerprint density at radius 1 is 1.33 bits per heavy atom. The van der Waals surface area contributed by atoms with Crippen molar-refractivity contribution in [1.29, 1.82) is 5.26 Å². The zero-order chi connectivity index (χ0) is 14.8. The highest BCUT2D eigenvalue weighted by Crippen LogP contribution is 2.31. The lowest BCUT2D eigenvalue weighted by Crippen LogP contribution is -2.10. The standard InChI is InChI=1S/C15H8ClNO4/c16-9-3-4-11-10(8-9)13(18)15(20-7-5-17)14(21-11)12-2-1-6-19-12/h1-4,6,8H,7H2. The molecule has 0 aliphatic carbocycles. The normalized spacial score (nSPS) is 10.5. The first-order valence-corrected chi connectivity index (χ1v) is 6.38. The highest BCUT2D eigenvalue weighted by molar-refractivity contribution is 6.31. The Morgan fingerprint density at radius 3 is 2.90 bits per heavy atom. The molecule has 0 aliphatic heterocycles. The fourth-order valence-corrected chi connectivity index (χ4v) is 2.13. The van der Waals surface area contributed by atoms with Gasteiger partial charge in [0, 0.05) is 5.02 Å². The van der Waals surface area contributed by atoms with E-state index in [4.69, 9.17) is 30.4 Å². The summed E-state index contributed by atoms with van der Waals surface area (Å²) in [5.74, 6) is 0.424. The van der Waals surface area contributed by atoms with Gasteiger partial charge in [-0.2, -0.15) is 5.26 Å². The molecule has 0 unspecified atom stereocenters. The molecule has 0 bridgehead atoms. The molecule has 6 heteroatoms. The Hall–Kier alpha value is -2.71. The molecule has 0 spiro atoms. The van der Waals surface area contributed by atoms with Crippen LogP contribution < -0.4 is 10.2 Å². The second-order valence-electron chi connectivity index (χ2n) is 4.15. The van der Waals surface area contributed by atoms with Gasteiger partial charge in [0.1, 0.15) is 11.7 Å². The summed E-state index contributed by atoms with van der Waals surface area (Å²) in [5.41, 5.74) is -0.0412. The summed E-state index contributed by atoms with van der Waals surface area (Å²) in [6.45, 7) is -0.273. The third kappa shape index (κ3) is 2.37. The molecule has 0 N–H and O–H groups in total. The molecule has 0 fully saturated rings. The minimum atomic E-state index is -0.402. The second-order valence-corrected chi connectivity index (χ2v) is 4.59. The molecule has 3 aromatic rings. The van der Waals surface area contributed by atoms with Crippen molar-refractivity contribution in [1.82, 2.24) is 0 Å². The monoisotopic (exact) mass is 301 g/mol. The first-order valence-electron chi connectivity index (χ1n) is 6.00. The zero-order valence-corrected chi connectivity index (χ0v) is 11.4. The highest BCUT2D eigenvalue weighted by atomic mass is 35.5. The molecule has 0 amide bonds. The summed E-state index contributed by atoms with van der Waals surface area (Å²) >= 11 is 5.89. The van der Waals surface area contributed by atoms with Gasteiger partial charge in [0.15, 0.2) is 12.4 Å². The number of hydrogen-bond donors (Lipinski definition) is 0. The molecule has 0 saturated carbocycles. The third-order valence-electron chi connectivity index (χ3n) is 2.84. The van der Waals surface area contributed by atoms with Gasteiger partial charge in [0.05, 0.1) is 11.6 Å². The van der Waals surface area contributed by atoms with Gasteiger partial charge in [-0.3, -0.25) is 4.79 Å². The van der Waals surface area contributed by atoms with E-state index in [-0.39, 0.29) is 23.5 Å². The summed E-state index contributed by atoms with van der Waals surface area (Å²) in [7, 11) is 0. The molecular weight excluding hydrogens is 294 g/mol. The van der Waals surface area contributed by atoms with E-state index < -0.39 is 5.43 Å². The summed E-state index contributed by atoms with van der Waals surface area (Å²) in [4.78, 5) is 12.5. The van der Waals surface area contributed by atoms with Crippen LogP contribution in [-0.4, -0.2) is 6.61 Å². The van der Waals surface area contributed by atoms with Crippen molar-refractivity contribution in [2.45, 2.75) is 0 Å². The van der Waals surface area contributed by atoms with Crippen molar-refractivity contribution in [3.05, 3.63) is 51.8 Å². The molecule has 2 heterocycles. The lowest BCUT2D eigenvalue weighted by atomic mass is 10.2. The molecule has 104 valence electrons. The summed E-state index contributed by atoms with van der Waals surface area (Å²) in [6.07, 6.45) is 1.45. The van der Waals surface area contributed by atoms with E-state index in [1.165, 1.54) is 12.3 Å². The Morgan fingerprint density at radius 2 is 2.19 bits per heavy atom. The zero-order valence-electron chi connectivity index (χ0n) is 10.6. The van der Waals surface area contributed by atoms with E-state index >= 15 is 0 Å². The first-order chi connectivity index (χ1) is 10.2. The Bertz CT molecular complexity index is 890. The maximum absolute atomic E-state index is 12.5. The molecular formula is C15H8ClNO4. The van der Waals surface area contributed by atoms with Gasteiger partial charge >= 0.3 is 0 Å². The van der Waals surface area contributed by atoms with Gasteiger partial charge in [0.25, 0.3) is 0 Å². The predicted octanol–water partition coefficient (Wildman–Crippen LogP) is 3.61. The fourth-order valence-electron chi connectivity index (χ4n) is 1.96. The summed E-state index contributed by atoms with van der Waals surface area (Å²) in [5, 5.41) is 9.34. The molecule has 0 saturated heterocycles.